The first-order valence-electron chi connectivity index (χ1n) is 9.79. The van der Waals surface area contributed by atoms with Gasteiger partial charge in [-0.05, 0) is 42.8 Å². The van der Waals surface area contributed by atoms with Crippen LogP contribution in [0.3, 0.4) is 0 Å². The fraction of sp³-hybridized carbons (Fsp3) is 0.273. The number of carbonyl (C=O) groups excluding carboxylic acids is 1. The van der Waals surface area contributed by atoms with Gasteiger partial charge in [-0.3, -0.25) is 14.6 Å². The van der Waals surface area contributed by atoms with E-state index in [1.165, 1.54) is 10.7 Å². The highest BCUT2D eigenvalue weighted by atomic mass is 35.5. The van der Waals surface area contributed by atoms with Crippen LogP contribution in [-0.2, 0) is 11.3 Å². The molecular weight excluding hydrogens is 402 g/mol. The van der Waals surface area contributed by atoms with Crippen molar-refractivity contribution in [3.63, 3.8) is 0 Å². The molecule has 1 saturated heterocycles. The molecule has 0 saturated carbocycles. The minimum Gasteiger partial charge on any atom is -0.368 e. The third kappa shape index (κ3) is 4.36. The first-order chi connectivity index (χ1) is 14.5. The molecule has 0 spiro atoms. The van der Waals surface area contributed by atoms with Gasteiger partial charge >= 0.3 is 0 Å². The summed E-state index contributed by atoms with van der Waals surface area (Å²) in [6.07, 6.45) is 3.35. The molecule has 1 fully saturated rings. The Labute approximate surface area is 179 Å². The normalized spacial score (nSPS) is 14.1. The number of amides is 1. The first-order valence-corrected chi connectivity index (χ1v) is 10.2. The van der Waals surface area contributed by atoms with E-state index in [2.05, 4.69) is 21.9 Å². The molecule has 0 atom stereocenters. The summed E-state index contributed by atoms with van der Waals surface area (Å²) in [5, 5.41) is 5.05. The third-order valence-corrected chi connectivity index (χ3v) is 5.49. The summed E-state index contributed by atoms with van der Waals surface area (Å²) < 4.78 is 1.22. The van der Waals surface area contributed by atoms with Crippen molar-refractivity contribution in [2.45, 2.75) is 13.5 Å². The highest BCUT2D eigenvalue weighted by molar-refractivity contribution is 6.30. The van der Waals surface area contributed by atoms with Crippen molar-refractivity contribution in [1.82, 2.24) is 19.7 Å². The van der Waals surface area contributed by atoms with Crippen LogP contribution >= 0.6 is 11.6 Å². The van der Waals surface area contributed by atoms with Crippen LogP contribution in [0.5, 0.6) is 0 Å². The molecule has 0 bridgehead atoms. The summed E-state index contributed by atoms with van der Waals surface area (Å²) in [5.41, 5.74) is 3.35. The largest absolute Gasteiger partial charge is 0.368 e. The molecule has 4 rings (SSSR count). The predicted molar refractivity (Wildman–Crippen MR) is 117 cm³/mol. The maximum Gasteiger partial charge on any atom is 0.267 e. The monoisotopic (exact) mass is 423 g/mol. The van der Waals surface area contributed by atoms with E-state index in [1.807, 2.05) is 24.3 Å². The van der Waals surface area contributed by atoms with Crippen molar-refractivity contribution < 1.29 is 4.79 Å². The van der Waals surface area contributed by atoms with E-state index < -0.39 is 0 Å². The zero-order valence-electron chi connectivity index (χ0n) is 16.7. The van der Waals surface area contributed by atoms with Crippen molar-refractivity contribution >= 4 is 23.2 Å². The predicted octanol–water partition coefficient (Wildman–Crippen LogP) is 2.62. The number of pyridine rings is 1. The summed E-state index contributed by atoms with van der Waals surface area (Å²) >= 11 is 6.14. The molecule has 3 heterocycles. The second-order valence-corrected chi connectivity index (χ2v) is 7.69. The number of rotatable bonds is 4. The Balaban J connectivity index is 1.43. The van der Waals surface area contributed by atoms with E-state index >= 15 is 0 Å². The second kappa shape index (κ2) is 8.67. The topological polar surface area (TPSA) is 71.3 Å². The van der Waals surface area contributed by atoms with E-state index in [0.29, 0.717) is 36.9 Å². The van der Waals surface area contributed by atoms with Gasteiger partial charge in [-0.15, -0.1) is 0 Å². The smallest absolute Gasteiger partial charge is 0.267 e. The minimum absolute atomic E-state index is 0.0802. The molecule has 3 aromatic rings. The first kappa shape index (κ1) is 20.1. The van der Waals surface area contributed by atoms with Crippen molar-refractivity contribution in [3.8, 4) is 11.3 Å². The van der Waals surface area contributed by atoms with Gasteiger partial charge in [0.1, 0.15) is 6.54 Å². The van der Waals surface area contributed by atoms with Crippen molar-refractivity contribution in [2.75, 3.05) is 31.1 Å². The summed E-state index contributed by atoms with van der Waals surface area (Å²) in [6.45, 7) is 4.57. The van der Waals surface area contributed by atoms with Gasteiger partial charge in [0.05, 0.1) is 5.69 Å². The maximum absolute atomic E-state index is 12.8. The Hall–Kier alpha value is -3.19. The molecule has 8 heteroatoms. The van der Waals surface area contributed by atoms with Crippen LogP contribution in [0, 0.1) is 6.92 Å². The van der Waals surface area contributed by atoms with Crippen LogP contribution in [0.4, 0.5) is 5.69 Å². The highest BCUT2D eigenvalue weighted by Gasteiger charge is 2.23. The molecule has 2 aromatic heterocycles. The van der Waals surface area contributed by atoms with Gasteiger partial charge in [0.2, 0.25) is 5.91 Å². The van der Waals surface area contributed by atoms with Crippen LogP contribution in [0.15, 0.2) is 59.7 Å². The Morgan fingerprint density at radius 3 is 2.63 bits per heavy atom. The molecule has 1 aromatic carbocycles. The van der Waals surface area contributed by atoms with E-state index in [1.54, 1.807) is 29.4 Å². The van der Waals surface area contributed by atoms with Crippen molar-refractivity contribution in [2.24, 2.45) is 0 Å². The Bertz CT molecular complexity index is 1110. The summed E-state index contributed by atoms with van der Waals surface area (Å²) in [7, 11) is 0. The van der Waals surface area contributed by atoms with E-state index in [0.717, 1.165) is 16.8 Å². The number of hydrogen-bond donors (Lipinski definition) is 0. The lowest BCUT2D eigenvalue weighted by Gasteiger charge is -2.37. The van der Waals surface area contributed by atoms with Gasteiger partial charge in [-0.25, -0.2) is 4.68 Å². The Kier molecular flexibility index (Phi) is 5.81. The van der Waals surface area contributed by atoms with Crippen LogP contribution in [-0.4, -0.2) is 51.8 Å². The molecular formula is C22H22ClN5O2. The SMILES string of the molecule is Cc1ccc(Cl)cc1N1CCN(C(=O)Cn2nc(-c3cccnc3)ccc2=O)CC1. The number of halogens is 1. The number of hydrogen-bond acceptors (Lipinski definition) is 5. The number of nitrogens with zero attached hydrogens (tertiary/aromatic N) is 5. The Morgan fingerprint density at radius 2 is 1.90 bits per heavy atom. The van der Waals surface area contributed by atoms with Gasteiger partial charge in [0, 0.05) is 60.9 Å². The lowest BCUT2D eigenvalue weighted by molar-refractivity contribution is -0.132. The lowest BCUT2D eigenvalue weighted by Crippen LogP contribution is -2.50. The molecule has 0 unspecified atom stereocenters. The van der Waals surface area contributed by atoms with Crippen molar-refractivity contribution in [3.05, 3.63) is 75.8 Å². The van der Waals surface area contributed by atoms with Gasteiger partial charge in [-0.2, -0.15) is 5.10 Å². The van der Waals surface area contributed by atoms with Gasteiger partial charge in [-0.1, -0.05) is 17.7 Å². The van der Waals surface area contributed by atoms with Gasteiger partial charge in [0.25, 0.3) is 5.56 Å². The quantitative estimate of drug-likeness (QED) is 0.645. The molecule has 0 aliphatic carbocycles. The van der Waals surface area contributed by atoms with Gasteiger partial charge < -0.3 is 9.80 Å². The summed E-state index contributed by atoms with van der Waals surface area (Å²) in [5.74, 6) is -0.115. The van der Waals surface area contributed by atoms with Crippen LogP contribution in [0.25, 0.3) is 11.3 Å². The average molecular weight is 424 g/mol. The van der Waals surface area contributed by atoms with E-state index in [9.17, 15) is 9.59 Å². The maximum atomic E-state index is 12.8. The molecule has 1 aliphatic heterocycles. The van der Waals surface area contributed by atoms with Crippen LogP contribution in [0.2, 0.25) is 5.02 Å². The molecule has 1 amide bonds. The van der Waals surface area contributed by atoms with E-state index in [4.69, 9.17) is 11.6 Å². The lowest BCUT2D eigenvalue weighted by atomic mass is 10.1. The number of benzene rings is 1. The molecule has 1 aliphatic rings. The average Bonchev–Trinajstić information content (AvgIpc) is 2.77. The molecule has 7 nitrogen and oxygen atoms in total. The highest BCUT2D eigenvalue weighted by Crippen LogP contribution is 2.25. The molecule has 154 valence electrons. The zero-order valence-corrected chi connectivity index (χ0v) is 17.4. The summed E-state index contributed by atoms with van der Waals surface area (Å²) in [4.78, 5) is 33.1. The molecule has 30 heavy (non-hydrogen) atoms. The molecule has 0 N–H and O–H groups in total. The van der Waals surface area contributed by atoms with Crippen LogP contribution in [0.1, 0.15) is 5.56 Å². The standard InChI is InChI=1S/C22H22ClN5O2/c1-16-4-5-18(23)13-20(16)26-9-11-27(12-10-26)22(30)15-28-21(29)7-6-19(25-28)17-3-2-8-24-14-17/h2-8,13-14H,9-12,15H2,1H3. The van der Waals surface area contributed by atoms with Gasteiger partial charge in [0.15, 0.2) is 0 Å². The zero-order chi connectivity index (χ0) is 21.1. The second-order valence-electron chi connectivity index (χ2n) is 7.25. The number of aryl methyl sites for hydroxylation is 1. The van der Waals surface area contributed by atoms with Crippen molar-refractivity contribution in [1.29, 1.82) is 0 Å². The Morgan fingerprint density at radius 1 is 1.10 bits per heavy atom. The minimum atomic E-state index is -0.302. The van der Waals surface area contributed by atoms with Crippen LogP contribution < -0.4 is 10.5 Å². The van der Waals surface area contributed by atoms with E-state index in [-0.39, 0.29) is 18.0 Å². The number of piperazine rings is 1. The fourth-order valence-electron chi connectivity index (χ4n) is 3.58. The molecule has 0 radical (unpaired) electrons. The summed E-state index contributed by atoms with van der Waals surface area (Å²) in [6, 6.07) is 12.6. The number of anilines is 1. The fourth-order valence-corrected chi connectivity index (χ4v) is 3.74. The third-order valence-electron chi connectivity index (χ3n) is 5.25. The number of aromatic nitrogens is 3. The number of carbonyl (C=O) groups is 1.